The van der Waals surface area contributed by atoms with E-state index in [1.54, 1.807) is 18.2 Å². The molecule has 0 spiro atoms. The smallest absolute Gasteiger partial charge is 0.338 e. The second kappa shape index (κ2) is 8.05. The van der Waals surface area contributed by atoms with Crippen molar-refractivity contribution in [3.63, 3.8) is 0 Å². The van der Waals surface area contributed by atoms with Crippen LogP contribution in [0, 0.1) is 0 Å². The van der Waals surface area contributed by atoms with Gasteiger partial charge in [-0.05, 0) is 43.3 Å². The van der Waals surface area contributed by atoms with E-state index < -0.39 is 28.0 Å². The predicted molar refractivity (Wildman–Crippen MR) is 97.8 cm³/mol. The molecule has 0 aliphatic carbocycles. The molecule has 0 aromatic heterocycles. The average molecular weight is 417 g/mol. The number of carbonyl (C=O) groups excluding carboxylic acids is 2. The lowest BCUT2D eigenvalue weighted by Gasteiger charge is -2.14. The Bertz CT molecular complexity index is 946. The van der Waals surface area contributed by atoms with Gasteiger partial charge in [0.1, 0.15) is 0 Å². The van der Waals surface area contributed by atoms with Gasteiger partial charge in [-0.15, -0.1) is 0 Å². The first-order valence-corrected chi connectivity index (χ1v) is 9.48. The lowest BCUT2D eigenvalue weighted by Crippen LogP contribution is -2.30. The summed E-state index contributed by atoms with van der Waals surface area (Å²) in [5, 5.41) is 7.92. The zero-order chi connectivity index (χ0) is 19.5. The molecule has 0 aliphatic rings. The first kappa shape index (κ1) is 20.2. The molecule has 138 valence electrons. The normalized spacial score (nSPS) is 12.3. The molecule has 0 fully saturated rings. The van der Waals surface area contributed by atoms with E-state index in [1.807, 2.05) is 0 Å². The van der Waals surface area contributed by atoms with Crippen LogP contribution in [0.4, 0.5) is 5.69 Å². The second-order valence-electron chi connectivity index (χ2n) is 5.21. The van der Waals surface area contributed by atoms with Crippen LogP contribution < -0.4 is 10.5 Å². The van der Waals surface area contributed by atoms with E-state index in [1.165, 1.54) is 31.2 Å². The van der Waals surface area contributed by atoms with Gasteiger partial charge >= 0.3 is 5.97 Å². The first-order chi connectivity index (χ1) is 12.1. The fraction of sp³-hybridized carbons (Fsp3) is 0.125. The van der Waals surface area contributed by atoms with Crippen LogP contribution in [0.2, 0.25) is 10.0 Å². The van der Waals surface area contributed by atoms with Crippen molar-refractivity contribution in [2.45, 2.75) is 17.9 Å². The van der Waals surface area contributed by atoms with E-state index >= 15 is 0 Å². The highest BCUT2D eigenvalue weighted by molar-refractivity contribution is 7.89. The number of anilines is 1. The van der Waals surface area contributed by atoms with E-state index in [0.717, 1.165) is 0 Å². The number of carbonyl (C=O) groups is 2. The summed E-state index contributed by atoms with van der Waals surface area (Å²) in [5.74, 6) is -1.41. The Morgan fingerprint density at radius 1 is 1.12 bits per heavy atom. The van der Waals surface area contributed by atoms with Gasteiger partial charge in [0, 0.05) is 0 Å². The summed E-state index contributed by atoms with van der Waals surface area (Å²) in [6.45, 7) is 1.38. The number of esters is 1. The lowest BCUT2D eigenvalue weighted by molar-refractivity contribution is -0.123. The molecule has 0 saturated heterocycles. The number of nitrogens with two attached hydrogens (primary N) is 1. The summed E-state index contributed by atoms with van der Waals surface area (Å²) in [4.78, 5) is 24.1. The molecule has 0 heterocycles. The van der Waals surface area contributed by atoms with E-state index in [9.17, 15) is 18.0 Å². The summed E-state index contributed by atoms with van der Waals surface area (Å²) in [6, 6.07) is 9.53. The van der Waals surface area contributed by atoms with Crippen molar-refractivity contribution in [2.75, 3.05) is 5.32 Å². The maximum absolute atomic E-state index is 12.1. The molecule has 0 radical (unpaired) electrons. The fourth-order valence-corrected chi connectivity index (χ4v) is 2.76. The number of ether oxygens (including phenoxy) is 1. The number of nitrogens with one attached hydrogen (secondary N) is 1. The van der Waals surface area contributed by atoms with Crippen molar-refractivity contribution >= 4 is 50.8 Å². The quantitative estimate of drug-likeness (QED) is 0.726. The molecule has 3 N–H and O–H groups in total. The molecule has 26 heavy (non-hydrogen) atoms. The van der Waals surface area contributed by atoms with E-state index in [-0.39, 0.29) is 26.2 Å². The molecule has 1 amide bonds. The molecule has 7 nitrogen and oxygen atoms in total. The van der Waals surface area contributed by atoms with Gasteiger partial charge in [0.2, 0.25) is 10.0 Å². The molecule has 2 rings (SSSR count). The van der Waals surface area contributed by atoms with Crippen molar-refractivity contribution in [3.8, 4) is 0 Å². The Hall–Kier alpha value is -2.13. The Morgan fingerprint density at radius 2 is 1.73 bits per heavy atom. The fourth-order valence-electron chi connectivity index (χ4n) is 1.90. The Morgan fingerprint density at radius 3 is 2.31 bits per heavy atom. The summed E-state index contributed by atoms with van der Waals surface area (Å²) < 4.78 is 27.4. The van der Waals surface area contributed by atoms with E-state index in [4.69, 9.17) is 33.1 Å². The van der Waals surface area contributed by atoms with Crippen LogP contribution in [0.5, 0.6) is 0 Å². The van der Waals surface area contributed by atoms with Crippen LogP contribution in [0.25, 0.3) is 0 Å². The maximum atomic E-state index is 12.1. The van der Waals surface area contributed by atoms with Crippen LogP contribution in [-0.4, -0.2) is 26.4 Å². The molecule has 10 heteroatoms. The predicted octanol–water partition coefficient (Wildman–Crippen LogP) is 2.82. The number of benzene rings is 2. The van der Waals surface area contributed by atoms with Gasteiger partial charge in [0.15, 0.2) is 6.10 Å². The standard InChI is InChI=1S/C16H14Cl2N2O5S/c1-9(15(21)20-13-4-2-3-12(17)14(13)18)25-16(22)10-5-7-11(8-6-10)26(19,23)24/h2-9H,1H3,(H,20,21)(H2,19,23,24)/t9-/m1/s1. The van der Waals surface area contributed by atoms with Gasteiger partial charge in [-0.3, -0.25) is 4.79 Å². The van der Waals surface area contributed by atoms with Gasteiger partial charge < -0.3 is 10.1 Å². The van der Waals surface area contributed by atoms with Gasteiger partial charge in [-0.2, -0.15) is 0 Å². The average Bonchev–Trinajstić information content (AvgIpc) is 2.58. The van der Waals surface area contributed by atoms with Crippen molar-refractivity contribution in [1.29, 1.82) is 0 Å². The molecule has 1 atom stereocenters. The number of primary sulfonamides is 1. The Labute approximate surface area is 160 Å². The molecule has 0 aliphatic heterocycles. The first-order valence-electron chi connectivity index (χ1n) is 7.18. The minimum absolute atomic E-state index is 0.0674. The maximum Gasteiger partial charge on any atom is 0.338 e. The lowest BCUT2D eigenvalue weighted by atomic mass is 10.2. The molecule has 2 aromatic rings. The SMILES string of the molecule is C[C@@H](OC(=O)c1ccc(S(N)(=O)=O)cc1)C(=O)Nc1cccc(Cl)c1Cl. The number of halogens is 2. The van der Waals surface area contributed by atoms with Crippen LogP contribution >= 0.6 is 23.2 Å². The topological polar surface area (TPSA) is 116 Å². The number of amides is 1. The van der Waals surface area contributed by atoms with Crippen molar-refractivity contribution in [2.24, 2.45) is 5.14 Å². The number of hydrogen-bond acceptors (Lipinski definition) is 5. The van der Waals surface area contributed by atoms with E-state index in [0.29, 0.717) is 0 Å². The highest BCUT2D eigenvalue weighted by atomic mass is 35.5. The highest BCUT2D eigenvalue weighted by Gasteiger charge is 2.20. The monoisotopic (exact) mass is 416 g/mol. The van der Waals surface area contributed by atoms with Gasteiger partial charge in [-0.1, -0.05) is 29.3 Å². The largest absolute Gasteiger partial charge is 0.449 e. The van der Waals surface area contributed by atoms with Crippen LogP contribution in [0.3, 0.4) is 0 Å². The molecule has 2 aromatic carbocycles. The zero-order valence-corrected chi connectivity index (χ0v) is 15.7. The molecular formula is C16H14Cl2N2O5S. The Balaban J connectivity index is 2.04. The van der Waals surface area contributed by atoms with E-state index in [2.05, 4.69) is 5.32 Å². The summed E-state index contributed by atoms with van der Waals surface area (Å²) >= 11 is 11.8. The van der Waals surface area contributed by atoms with Crippen molar-refractivity contribution in [3.05, 3.63) is 58.1 Å². The minimum Gasteiger partial charge on any atom is -0.449 e. The van der Waals surface area contributed by atoms with Gasteiger partial charge in [0.05, 0.1) is 26.2 Å². The summed E-state index contributed by atoms with van der Waals surface area (Å²) in [6.07, 6.45) is -1.13. The number of sulfonamides is 1. The highest BCUT2D eigenvalue weighted by Crippen LogP contribution is 2.29. The van der Waals surface area contributed by atoms with Crippen LogP contribution in [0.1, 0.15) is 17.3 Å². The molecule has 0 unspecified atom stereocenters. The second-order valence-corrected chi connectivity index (χ2v) is 7.55. The van der Waals surface area contributed by atoms with Crippen molar-refractivity contribution < 1.29 is 22.7 Å². The zero-order valence-electron chi connectivity index (χ0n) is 13.4. The number of rotatable bonds is 5. The summed E-state index contributed by atoms with van der Waals surface area (Å²) in [7, 11) is -3.86. The molecular weight excluding hydrogens is 403 g/mol. The minimum atomic E-state index is -3.86. The van der Waals surface area contributed by atoms with Crippen LogP contribution in [-0.2, 0) is 19.6 Å². The summed E-state index contributed by atoms with van der Waals surface area (Å²) in [5.41, 5.74) is 0.349. The van der Waals surface area contributed by atoms with Crippen LogP contribution in [0.15, 0.2) is 47.4 Å². The number of hydrogen-bond donors (Lipinski definition) is 2. The molecule has 0 bridgehead atoms. The third kappa shape index (κ3) is 4.95. The third-order valence-electron chi connectivity index (χ3n) is 3.28. The Kier molecular flexibility index (Phi) is 6.25. The third-order valence-corrected chi connectivity index (χ3v) is 5.03. The molecule has 0 saturated carbocycles. The van der Waals surface area contributed by atoms with Gasteiger partial charge in [-0.25, -0.2) is 18.4 Å². The van der Waals surface area contributed by atoms with Gasteiger partial charge in [0.25, 0.3) is 5.91 Å². The van der Waals surface area contributed by atoms with Crippen molar-refractivity contribution in [1.82, 2.24) is 0 Å².